The average Bonchev–Trinajstić information content (AvgIpc) is 2.15. The van der Waals surface area contributed by atoms with Crippen molar-refractivity contribution in [1.82, 2.24) is 5.06 Å². The number of amides is 1. The molecule has 9 heavy (non-hydrogen) atoms. The summed E-state index contributed by atoms with van der Waals surface area (Å²) >= 11 is 0. The third-order valence-corrected chi connectivity index (χ3v) is 1.38. The molecule has 4 nitrogen and oxygen atoms in total. The van der Waals surface area contributed by atoms with Crippen molar-refractivity contribution >= 4 is 12.2 Å². The van der Waals surface area contributed by atoms with Gasteiger partial charge in [0.15, 0.2) is 0 Å². The van der Waals surface area contributed by atoms with Crippen molar-refractivity contribution in [1.29, 1.82) is 0 Å². The number of aldehydes is 1. The van der Waals surface area contributed by atoms with Gasteiger partial charge in [0.25, 0.3) is 0 Å². The number of carbonyl (C=O) groups is 2. The zero-order valence-corrected chi connectivity index (χ0v) is 4.78. The zero-order chi connectivity index (χ0) is 6.85. The van der Waals surface area contributed by atoms with Gasteiger partial charge in [0.1, 0.15) is 12.3 Å². The molecule has 50 valence electrons. The lowest BCUT2D eigenvalue weighted by Crippen LogP contribution is -2.30. The Morgan fingerprint density at radius 2 is 2.44 bits per heavy atom. The van der Waals surface area contributed by atoms with E-state index in [0.29, 0.717) is 17.8 Å². The minimum absolute atomic E-state index is 0.278. The minimum Gasteiger partial charge on any atom is -0.301 e. The van der Waals surface area contributed by atoms with Gasteiger partial charge in [-0.15, -0.1) is 0 Å². The summed E-state index contributed by atoms with van der Waals surface area (Å²) in [6.07, 6.45) is 1.30. The van der Waals surface area contributed by atoms with Crippen LogP contribution in [0.2, 0.25) is 0 Å². The predicted molar refractivity (Wildman–Crippen MR) is 27.7 cm³/mol. The first kappa shape index (κ1) is 6.22. The molecule has 0 spiro atoms. The Labute approximate surface area is 52.0 Å². The van der Waals surface area contributed by atoms with Crippen molar-refractivity contribution < 1.29 is 14.8 Å². The largest absolute Gasteiger partial charge is 0.301 e. The van der Waals surface area contributed by atoms with Gasteiger partial charge in [-0.3, -0.25) is 10.0 Å². The van der Waals surface area contributed by atoms with Gasteiger partial charge in [0.05, 0.1) is 0 Å². The standard InChI is InChI=1S/C5H7NO3/c7-3-4-1-2-5(8)6(4)9/h3-4,9H,1-2H2. The van der Waals surface area contributed by atoms with Crippen molar-refractivity contribution in [2.75, 3.05) is 0 Å². The second kappa shape index (κ2) is 2.14. The molecule has 0 saturated carbocycles. The number of carbonyl (C=O) groups excluding carboxylic acids is 2. The second-order valence-corrected chi connectivity index (χ2v) is 1.98. The SMILES string of the molecule is O=CC1CCC(=O)N1O. The highest BCUT2D eigenvalue weighted by molar-refractivity contribution is 5.82. The van der Waals surface area contributed by atoms with Crippen LogP contribution >= 0.6 is 0 Å². The number of hydrogen-bond acceptors (Lipinski definition) is 3. The molecule has 0 aliphatic carbocycles. The predicted octanol–water partition coefficient (Wildman–Crippen LogP) is -0.434. The molecule has 1 N–H and O–H groups in total. The monoisotopic (exact) mass is 129 g/mol. The lowest BCUT2D eigenvalue weighted by Gasteiger charge is -2.09. The zero-order valence-electron chi connectivity index (χ0n) is 4.78. The Bertz CT molecular complexity index is 145. The van der Waals surface area contributed by atoms with E-state index in [4.69, 9.17) is 5.21 Å². The van der Waals surface area contributed by atoms with Gasteiger partial charge in [0.2, 0.25) is 5.91 Å². The van der Waals surface area contributed by atoms with Gasteiger partial charge >= 0.3 is 0 Å². The molecule has 4 heteroatoms. The number of nitrogens with zero attached hydrogens (tertiary/aromatic N) is 1. The summed E-state index contributed by atoms with van der Waals surface area (Å²) in [5, 5.41) is 9.20. The number of hydrogen-bond donors (Lipinski definition) is 1. The van der Waals surface area contributed by atoms with Gasteiger partial charge < -0.3 is 4.79 Å². The van der Waals surface area contributed by atoms with Crippen LogP contribution in [0.5, 0.6) is 0 Å². The molecule has 1 unspecified atom stereocenters. The molecule has 0 aromatic carbocycles. The lowest BCUT2D eigenvalue weighted by molar-refractivity contribution is -0.166. The first-order valence-corrected chi connectivity index (χ1v) is 2.72. The first-order chi connectivity index (χ1) is 4.25. The fourth-order valence-corrected chi connectivity index (χ4v) is 0.819. The highest BCUT2D eigenvalue weighted by Crippen LogP contribution is 2.13. The van der Waals surface area contributed by atoms with Crippen molar-refractivity contribution in [3.8, 4) is 0 Å². The highest BCUT2D eigenvalue weighted by Gasteiger charge is 2.28. The number of hydroxylamine groups is 2. The fourth-order valence-electron chi connectivity index (χ4n) is 0.819. The minimum atomic E-state index is -0.600. The smallest absolute Gasteiger partial charge is 0.246 e. The van der Waals surface area contributed by atoms with E-state index in [9.17, 15) is 9.59 Å². The van der Waals surface area contributed by atoms with Crippen LogP contribution in [0.4, 0.5) is 0 Å². The van der Waals surface area contributed by atoms with Crippen LogP contribution in [0, 0.1) is 0 Å². The van der Waals surface area contributed by atoms with Crippen LogP contribution in [0.3, 0.4) is 0 Å². The van der Waals surface area contributed by atoms with E-state index in [1.165, 1.54) is 0 Å². The van der Waals surface area contributed by atoms with Crippen molar-refractivity contribution in [2.24, 2.45) is 0 Å². The summed E-state index contributed by atoms with van der Waals surface area (Å²) < 4.78 is 0. The van der Waals surface area contributed by atoms with Crippen LogP contribution in [0.1, 0.15) is 12.8 Å². The van der Waals surface area contributed by atoms with Crippen LogP contribution in [0.15, 0.2) is 0 Å². The van der Waals surface area contributed by atoms with Gasteiger partial charge in [-0.05, 0) is 6.42 Å². The van der Waals surface area contributed by atoms with E-state index in [0.717, 1.165) is 0 Å². The molecule has 0 bridgehead atoms. The molecular formula is C5H7NO3. The van der Waals surface area contributed by atoms with E-state index >= 15 is 0 Å². The topological polar surface area (TPSA) is 57.6 Å². The Balaban J connectivity index is 2.61. The van der Waals surface area contributed by atoms with Gasteiger partial charge in [0, 0.05) is 6.42 Å². The van der Waals surface area contributed by atoms with E-state index in [1.54, 1.807) is 0 Å². The Morgan fingerprint density at radius 3 is 2.67 bits per heavy atom. The Kier molecular flexibility index (Phi) is 1.48. The highest BCUT2D eigenvalue weighted by atomic mass is 16.5. The summed E-state index contributed by atoms with van der Waals surface area (Å²) in [6.45, 7) is 0. The normalized spacial score (nSPS) is 27.0. The van der Waals surface area contributed by atoms with Crippen LogP contribution in [-0.2, 0) is 9.59 Å². The van der Waals surface area contributed by atoms with Crippen LogP contribution in [-0.4, -0.2) is 28.5 Å². The van der Waals surface area contributed by atoms with Gasteiger partial charge in [-0.2, -0.15) is 0 Å². The van der Waals surface area contributed by atoms with Crippen molar-refractivity contribution in [2.45, 2.75) is 18.9 Å². The maximum atomic E-state index is 10.5. The molecular weight excluding hydrogens is 122 g/mol. The molecule has 1 aliphatic heterocycles. The Morgan fingerprint density at radius 1 is 1.78 bits per heavy atom. The molecule has 1 fully saturated rings. The molecule has 1 saturated heterocycles. The van der Waals surface area contributed by atoms with Crippen molar-refractivity contribution in [3.63, 3.8) is 0 Å². The molecule has 1 rings (SSSR count). The summed E-state index contributed by atoms with van der Waals surface area (Å²) in [7, 11) is 0. The first-order valence-electron chi connectivity index (χ1n) is 2.72. The third-order valence-electron chi connectivity index (χ3n) is 1.38. The molecule has 0 aromatic heterocycles. The average molecular weight is 129 g/mol. The van der Waals surface area contributed by atoms with E-state index in [2.05, 4.69) is 0 Å². The lowest BCUT2D eigenvalue weighted by atomic mass is 10.2. The summed E-state index contributed by atoms with van der Waals surface area (Å²) in [5.74, 6) is -0.368. The quantitative estimate of drug-likeness (QED) is 0.386. The van der Waals surface area contributed by atoms with E-state index in [1.807, 2.05) is 0 Å². The van der Waals surface area contributed by atoms with Crippen LogP contribution < -0.4 is 0 Å². The fraction of sp³-hybridized carbons (Fsp3) is 0.600. The molecule has 1 aliphatic rings. The van der Waals surface area contributed by atoms with Crippen LogP contribution in [0.25, 0.3) is 0 Å². The van der Waals surface area contributed by atoms with Crippen molar-refractivity contribution in [3.05, 3.63) is 0 Å². The molecule has 0 radical (unpaired) electrons. The van der Waals surface area contributed by atoms with E-state index in [-0.39, 0.29) is 12.3 Å². The molecule has 1 atom stereocenters. The molecule has 1 heterocycles. The van der Waals surface area contributed by atoms with Gasteiger partial charge in [-0.1, -0.05) is 0 Å². The summed E-state index contributed by atoms with van der Waals surface area (Å²) in [6, 6.07) is -0.600. The Hall–Kier alpha value is -0.900. The maximum Gasteiger partial charge on any atom is 0.246 e. The summed E-state index contributed by atoms with van der Waals surface area (Å²) in [5.41, 5.74) is 0. The van der Waals surface area contributed by atoms with Gasteiger partial charge in [-0.25, -0.2) is 5.06 Å². The third kappa shape index (κ3) is 0.929. The summed E-state index contributed by atoms with van der Waals surface area (Å²) in [4.78, 5) is 20.5. The van der Waals surface area contributed by atoms with E-state index < -0.39 is 6.04 Å². The molecule has 0 aromatic rings. The maximum absolute atomic E-state index is 10.5. The number of rotatable bonds is 1. The second-order valence-electron chi connectivity index (χ2n) is 1.98. The molecule has 1 amide bonds.